The zero-order valence-electron chi connectivity index (χ0n) is 13.1. The van der Waals surface area contributed by atoms with E-state index in [1.807, 2.05) is 25.1 Å². The lowest BCUT2D eigenvalue weighted by atomic mass is 10.1. The highest BCUT2D eigenvalue weighted by Gasteiger charge is 2.20. The minimum Gasteiger partial charge on any atom is -0.497 e. The van der Waals surface area contributed by atoms with E-state index in [2.05, 4.69) is 12.2 Å². The number of hydrogen-bond acceptors (Lipinski definition) is 5. The molecule has 0 heterocycles. The molecule has 2 atom stereocenters. The Kier molecular flexibility index (Phi) is 6.78. The van der Waals surface area contributed by atoms with Crippen LogP contribution in [0.2, 0.25) is 0 Å². The first kappa shape index (κ1) is 16.8. The molecule has 2 unspecified atom stereocenters. The summed E-state index contributed by atoms with van der Waals surface area (Å²) in [6, 6.07) is 5.94. The molecule has 1 N–H and O–H groups in total. The van der Waals surface area contributed by atoms with E-state index in [1.54, 1.807) is 28.4 Å². The molecule has 114 valence electrons. The van der Waals surface area contributed by atoms with Crippen molar-refractivity contribution in [3.63, 3.8) is 0 Å². The van der Waals surface area contributed by atoms with Crippen LogP contribution >= 0.6 is 0 Å². The molecule has 0 amide bonds. The Balaban J connectivity index is 2.83. The number of benzene rings is 1. The molecule has 0 aromatic heterocycles. The minimum atomic E-state index is -0.290. The van der Waals surface area contributed by atoms with Crippen LogP contribution in [0.3, 0.4) is 0 Å². The van der Waals surface area contributed by atoms with Crippen molar-refractivity contribution in [2.45, 2.75) is 32.2 Å². The molecule has 20 heavy (non-hydrogen) atoms. The summed E-state index contributed by atoms with van der Waals surface area (Å²) < 4.78 is 21.1. The van der Waals surface area contributed by atoms with Gasteiger partial charge in [-0.25, -0.2) is 0 Å². The fourth-order valence-corrected chi connectivity index (χ4v) is 2.24. The number of nitrogens with one attached hydrogen (secondary N) is 1. The van der Waals surface area contributed by atoms with Crippen molar-refractivity contribution in [2.75, 3.05) is 28.4 Å². The molecule has 0 aliphatic heterocycles. The van der Waals surface area contributed by atoms with Crippen LogP contribution in [0.25, 0.3) is 0 Å². The molecule has 0 bridgehead atoms. The number of ether oxygens (including phenoxy) is 4. The molecule has 0 saturated carbocycles. The van der Waals surface area contributed by atoms with Gasteiger partial charge in [-0.3, -0.25) is 0 Å². The Morgan fingerprint density at radius 3 is 2.10 bits per heavy atom. The first-order chi connectivity index (χ1) is 9.57. The fraction of sp³-hybridized carbons (Fsp3) is 0.600. The highest BCUT2D eigenvalue weighted by molar-refractivity contribution is 5.42. The van der Waals surface area contributed by atoms with E-state index in [1.165, 1.54) is 0 Å². The van der Waals surface area contributed by atoms with E-state index >= 15 is 0 Å². The van der Waals surface area contributed by atoms with Crippen molar-refractivity contribution in [1.29, 1.82) is 0 Å². The van der Waals surface area contributed by atoms with Gasteiger partial charge < -0.3 is 24.3 Å². The number of hydrogen-bond donors (Lipinski definition) is 1. The Labute approximate surface area is 121 Å². The summed E-state index contributed by atoms with van der Waals surface area (Å²) in [5.74, 6) is 1.57. The van der Waals surface area contributed by atoms with Crippen molar-refractivity contribution < 1.29 is 18.9 Å². The van der Waals surface area contributed by atoms with Gasteiger partial charge in [-0.05, 0) is 19.9 Å². The molecular weight excluding hydrogens is 258 g/mol. The summed E-state index contributed by atoms with van der Waals surface area (Å²) in [5.41, 5.74) is 1.06. The number of methoxy groups -OCH3 is 4. The SMILES string of the molecule is COc1ccc(C(C)NC(C)C(OC)OC)c(OC)c1. The first-order valence-corrected chi connectivity index (χ1v) is 6.60. The molecule has 0 aliphatic carbocycles. The van der Waals surface area contributed by atoms with Crippen LogP contribution in [0, 0.1) is 0 Å². The second-order valence-corrected chi connectivity index (χ2v) is 4.62. The summed E-state index contributed by atoms with van der Waals surface area (Å²) in [4.78, 5) is 0. The van der Waals surface area contributed by atoms with Crippen molar-refractivity contribution >= 4 is 0 Å². The van der Waals surface area contributed by atoms with Crippen molar-refractivity contribution in [3.8, 4) is 11.5 Å². The van der Waals surface area contributed by atoms with E-state index in [0.717, 1.165) is 17.1 Å². The Morgan fingerprint density at radius 2 is 1.60 bits per heavy atom. The molecule has 5 heteroatoms. The smallest absolute Gasteiger partial charge is 0.171 e. The van der Waals surface area contributed by atoms with Gasteiger partial charge in [0, 0.05) is 31.9 Å². The fourth-order valence-electron chi connectivity index (χ4n) is 2.24. The highest BCUT2D eigenvalue weighted by atomic mass is 16.7. The quantitative estimate of drug-likeness (QED) is 0.742. The van der Waals surface area contributed by atoms with Crippen LogP contribution in [0.15, 0.2) is 18.2 Å². The molecule has 1 aromatic rings. The van der Waals surface area contributed by atoms with Crippen LogP contribution in [0.1, 0.15) is 25.5 Å². The predicted molar refractivity (Wildman–Crippen MR) is 78.4 cm³/mol. The van der Waals surface area contributed by atoms with Gasteiger partial charge in [0.05, 0.1) is 20.3 Å². The van der Waals surface area contributed by atoms with Gasteiger partial charge >= 0.3 is 0 Å². The van der Waals surface area contributed by atoms with Crippen molar-refractivity contribution in [3.05, 3.63) is 23.8 Å². The lowest BCUT2D eigenvalue weighted by molar-refractivity contribution is -0.120. The normalized spacial score (nSPS) is 14.2. The lowest BCUT2D eigenvalue weighted by Gasteiger charge is -2.26. The van der Waals surface area contributed by atoms with Gasteiger partial charge in [0.2, 0.25) is 0 Å². The van der Waals surface area contributed by atoms with E-state index in [4.69, 9.17) is 18.9 Å². The third kappa shape index (κ3) is 4.10. The maximum absolute atomic E-state index is 5.42. The summed E-state index contributed by atoms with van der Waals surface area (Å²) in [6.07, 6.45) is -0.290. The van der Waals surface area contributed by atoms with E-state index < -0.39 is 0 Å². The van der Waals surface area contributed by atoms with Crippen LogP contribution in [0.5, 0.6) is 11.5 Å². The molecule has 1 aromatic carbocycles. The van der Waals surface area contributed by atoms with Crippen molar-refractivity contribution in [1.82, 2.24) is 5.32 Å². The Morgan fingerprint density at radius 1 is 0.950 bits per heavy atom. The van der Waals surface area contributed by atoms with E-state index in [9.17, 15) is 0 Å². The predicted octanol–water partition coefficient (Wildman–Crippen LogP) is 2.36. The lowest BCUT2D eigenvalue weighted by Crippen LogP contribution is -2.40. The summed E-state index contributed by atoms with van der Waals surface area (Å²) in [5, 5.41) is 3.44. The molecular formula is C15H25NO4. The molecule has 1 rings (SSSR count). The monoisotopic (exact) mass is 283 g/mol. The Bertz CT molecular complexity index is 407. The second kappa shape index (κ2) is 8.09. The van der Waals surface area contributed by atoms with Gasteiger partial charge in [-0.1, -0.05) is 6.07 Å². The van der Waals surface area contributed by atoms with E-state index in [0.29, 0.717) is 0 Å². The summed E-state index contributed by atoms with van der Waals surface area (Å²) in [7, 11) is 6.55. The maximum atomic E-state index is 5.42. The molecule has 0 radical (unpaired) electrons. The topological polar surface area (TPSA) is 49.0 Å². The van der Waals surface area contributed by atoms with Gasteiger partial charge in [0.15, 0.2) is 6.29 Å². The molecule has 0 aliphatic rings. The van der Waals surface area contributed by atoms with Gasteiger partial charge in [-0.15, -0.1) is 0 Å². The zero-order chi connectivity index (χ0) is 15.1. The van der Waals surface area contributed by atoms with Crippen LogP contribution in [-0.4, -0.2) is 40.8 Å². The van der Waals surface area contributed by atoms with E-state index in [-0.39, 0.29) is 18.4 Å². The van der Waals surface area contributed by atoms with Gasteiger partial charge in [-0.2, -0.15) is 0 Å². The maximum Gasteiger partial charge on any atom is 0.171 e. The van der Waals surface area contributed by atoms with Crippen LogP contribution < -0.4 is 14.8 Å². The Hall–Kier alpha value is -1.30. The molecule has 5 nitrogen and oxygen atoms in total. The van der Waals surface area contributed by atoms with Gasteiger partial charge in [0.25, 0.3) is 0 Å². The zero-order valence-corrected chi connectivity index (χ0v) is 13.1. The third-order valence-corrected chi connectivity index (χ3v) is 3.29. The van der Waals surface area contributed by atoms with Crippen molar-refractivity contribution in [2.24, 2.45) is 0 Å². The molecule has 0 saturated heterocycles. The highest BCUT2D eigenvalue weighted by Crippen LogP contribution is 2.29. The average Bonchev–Trinajstić information content (AvgIpc) is 2.47. The summed E-state index contributed by atoms with van der Waals surface area (Å²) >= 11 is 0. The first-order valence-electron chi connectivity index (χ1n) is 6.60. The van der Waals surface area contributed by atoms with Gasteiger partial charge in [0.1, 0.15) is 11.5 Å². The average molecular weight is 283 g/mol. The minimum absolute atomic E-state index is 0.0480. The number of rotatable bonds is 8. The largest absolute Gasteiger partial charge is 0.497 e. The molecule has 0 spiro atoms. The summed E-state index contributed by atoms with van der Waals surface area (Å²) in [6.45, 7) is 4.09. The standard InChI is InChI=1S/C15H25NO4/c1-10(16-11(2)15(19-5)20-6)13-8-7-12(17-3)9-14(13)18-4/h7-11,15-16H,1-6H3. The molecule has 0 fully saturated rings. The van der Waals surface area contributed by atoms with Crippen LogP contribution in [0.4, 0.5) is 0 Å². The third-order valence-electron chi connectivity index (χ3n) is 3.29. The second-order valence-electron chi connectivity index (χ2n) is 4.62. The van der Waals surface area contributed by atoms with Crippen LogP contribution in [-0.2, 0) is 9.47 Å².